The molecule has 6 nitrogen and oxygen atoms in total. The molecule has 122 valence electrons. The highest BCUT2D eigenvalue weighted by atomic mass is 32.1. The van der Waals surface area contributed by atoms with Crippen molar-refractivity contribution in [2.45, 2.75) is 6.54 Å². The molecule has 3 aromatic rings. The topological polar surface area (TPSA) is 94.3 Å². The van der Waals surface area contributed by atoms with E-state index in [0.717, 1.165) is 15.8 Å². The molecule has 0 radical (unpaired) electrons. The molecule has 2 amide bonds. The summed E-state index contributed by atoms with van der Waals surface area (Å²) in [7, 11) is 0. The number of para-hydroxylation sites is 1. The molecule has 0 aliphatic carbocycles. The summed E-state index contributed by atoms with van der Waals surface area (Å²) in [5.74, 6) is -0.580. The molecule has 0 saturated heterocycles. The van der Waals surface area contributed by atoms with Gasteiger partial charge in [0.25, 0.3) is 11.8 Å². The molecule has 0 aliphatic heterocycles. The third-order valence-electron chi connectivity index (χ3n) is 3.43. The quantitative estimate of drug-likeness (QED) is 0.718. The van der Waals surface area contributed by atoms with Crippen molar-refractivity contribution >= 4 is 33.4 Å². The Morgan fingerprint density at radius 1 is 1.17 bits per heavy atom. The van der Waals surface area contributed by atoms with Gasteiger partial charge in [-0.2, -0.15) is 0 Å². The molecule has 0 spiro atoms. The Morgan fingerprint density at radius 3 is 2.83 bits per heavy atom. The number of amides is 2. The number of primary amides is 1. The summed E-state index contributed by atoms with van der Waals surface area (Å²) < 4.78 is 6.45. The average molecular weight is 341 g/mol. The van der Waals surface area contributed by atoms with E-state index in [0.29, 0.717) is 12.3 Å². The van der Waals surface area contributed by atoms with Gasteiger partial charge in [0.05, 0.1) is 21.3 Å². The van der Waals surface area contributed by atoms with E-state index in [2.05, 4.69) is 10.3 Å². The van der Waals surface area contributed by atoms with Crippen molar-refractivity contribution in [1.82, 2.24) is 10.3 Å². The standard InChI is InChI=1S/C17H15N3O3S/c18-17(22)12-5-1-2-7-14(12)23-9-15(21)19-8-11-4-3-6-13-16(11)24-10-20-13/h1-7,10H,8-9H2,(H2,18,22)(H,19,21). The summed E-state index contributed by atoms with van der Waals surface area (Å²) in [6.07, 6.45) is 0. The van der Waals surface area contributed by atoms with Crippen molar-refractivity contribution in [2.24, 2.45) is 5.73 Å². The van der Waals surface area contributed by atoms with Gasteiger partial charge in [0.15, 0.2) is 6.61 Å². The van der Waals surface area contributed by atoms with Crippen LogP contribution < -0.4 is 15.8 Å². The fourth-order valence-corrected chi connectivity index (χ4v) is 3.07. The van der Waals surface area contributed by atoms with Gasteiger partial charge in [0.2, 0.25) is 0 Å². The molecule has 1 aromatic heterocycles. The molecule has 0 unspecified atom stereocenters. The third-order valence-corrected chi connectivity index (χ3v) is 4.34. The number of ether oxygens (including phenoxy) is 1. The third kappa shape index (κ3) is 3.52. The fourth-order valence-electron chi connectivity index (χ4n) is 2.27. The van der Waals surface area contributed by atoms with Crippen molar-refractivity contribution in [3.63, 3.8) is 0 Å². The van der Waals surface area contributed by atoms with Crippen LogP contribution in [0.15, 0.2) is 48.0 Å². The van der Waals surface area contributed by atoms with Gasteiger partial charge in [-0.3, -0.25) is 9.59 Å². The first-order valence-electron chi connectivity index (χ1n) is 7.24. The smallest absolute Gasteiger partial charge is 0.258 e. The van der Waals surface area contributed by atoms with Crippen molar-refractivity contribution < 1.29 is 14.3 Å². The van der Waals surface area contributed by atoms with Crippen LogP contribution in [-0.2, 0) is 11.3 Å². The number of carbonyl (C=O) groups excluding carboxylic acids is 2. The Morgan fingerprint density at radius 2 is 2.00 bits per heavy atom. The van der Waals surface area contributed by atoms with Crippen molar-refractivity contribution in [3.8, 4) is 5.75 Å². The summed E-state index contributed by atoms with van der Waals surface area (Å²) >= 11 is 1.54. The Kier molecular flexibility index (Phi) is 4.72. The Hall–Kier alpha value is -2.93. The van der Waals surface area contributed by atoms with Crippen LogP contribution in [0.25, 0.3) is 10.2 Å². The number of aromatic nitrogens is 1. The molecule has 2 aromatic carbocycles. The van der Waals surface area contributed by atoms with Gasteiger partial charge in [0.1, 0.15) is 5.75 Å². The molecule has 0 atom stereocenters. The number of hydrogen-bond acceptors (Lipinski definition) is 5. The molecule has 3 N–H and O–H groups in total. The minimum atomic E-state index is -0.595. The predicted octanol–water partition coefficient (Wildman–Crippen LogP) is 2.09. The van der Waals surface area contributed by atoms with Crippen LogP contribution in [0.2, 0.25) is 0 Å². The van der Waals surface area contributed by atoms with E-state index in [9.17, 15) is 9.59 Å². The van der Waals surface area contributed by atoms with Gasteiger partial charge in [-0.15, -0.1) is 11.3 Å². The SMILES string of the molecule is NC(=O)c1ccccc1OCC(=O)NCc1cccc2ncsc12. The highest BCUT2D eigenvalue weighted by Gasteiger charge is 2.11. The Bertz CT molecular complexity index is 891. The van der Waals surface area contributed by atoms with Gasteiger partial charge >= 0.3 is 0 Å². The van der Waals surface area contributed by atoms with E-state index in [1.807, 2.05) is 18.2 Å². The van der Waals surface area contributed by atoms with Crippen LogP contribution in [0.5, 0.6) is 5.75 Å². The zero-order valence-electron chi connectivity index (χ0n) is 12.7. The minimum Gasteiger partial charge on any atom is -0.483 e. The summed E-state index contributed by atoms with van der Waals surface area (Å²) in [5.41, 5.74) is 9.22. The average Bonchev–Trinajstić information content (AvgIpc) is 3.07. The second-order valence-electron chi connectivity index (χ2n) is 5.04. The van der Waals surface area contributed by atoms with Gasteiger partial charge in [0, 0.05) is 6.54 Å². The molecule has 0 saturated carbocycles. The number of benzene rings is 2. The molecular weight excluding hydrogens is 326 g/mol. The molecule has 7 heteroatoms. The predicted molar refractivity (Wildman–Crippen MR) is 91.9 cm³/mol. The van der Waals surface area contributed by atoms with E-state index in [-0.39, 0.29) is 18.1 Å². The molecule has 0 fully saturated rings. The van der Waals surface area contributed by atoms with Crippen molar-refractivity contribution in [3.05, 3.63) is 59.1 Å². The Labute approximate surface area is 142 Å². The number of thiazole rings is 1. The highest BCUT2D eigenvalue weighted by molar-refractivity contribution is 7.16. The lowest BCUT2D eigenvalue weighted by Crippen LogP contribution is -2.28. The summed E-state index contributed by atoms with van der Waals surface area (Å²) in [4.78, 5) is 27.5. The first-order valence-corrected chi connectivity index (χ1v) is 8.12. The number of nitrogens with two attached hydrogens (primary N) is 1. The minimum absolute atomic E-state index is 0.192. The highest BCUT2D eigenvalue weighted by Crippen LogP contribution is 2.22. The molecule has 1 heterocycles. The largest absolute Gasteiger partial charge is 0.483 e. The monoisotopic (exact) mass is 341 g/mol. The molecule has 0 bridgehead atoms. The molecule has 24 heavy (non-hydrogen) atoms. The number of hydrogen-bond donors (Lipinski definition) is 2. The molecule has 0 aliphatic rings. The lowest BCUT2D eigenvalue weighted by molar-refractivity contribution is -0.123. The first-order chi connectivity index (χ1) is 11.6. The molecule has 3 rings (SSSR count). The number of carbonyl (C=O) groups is 2. The van der Waals surface area contributed by atoms with Crippen LogP contribution in [0.1, 0.15) is 15.9 Å². The second kappa shape index (κ2) is 7.10. The second-order valence-corrected chi connectivity index (χ2v) is 5.90. The van der Waals surface area contributed by atoms with Gasteiger partial charge in [-0.05, 0) is 23.8 Å². The number of rotatable bonds is 6. The van der Waals surface area contributed by atoms with E-state index in [1.165, 1.54) is 11.3 Å². The number of fused-ring (bicyclic) bond motifs is 1. The lowest BCUT2D eigenvalue weighted by Gasteiger charge is -2.10. The zero-order valence-corrected chi connectivity index (χ0v) is 13.5. The summed E-state index contributed by atoms with van der Waals surface area (Å²) in [6, 6.07) is 12.3. The van der Waals surface area contributed by atoms with Gasteiger partial charge < -0.3 is 15.8 Å². The van der Waals surface area contributed by atoms with E-state index >= 15 is 0 Å². The normalized spacial score (nSPS) is 10.5. The van der Waals surface area contributed by atoms with Gasteiger partial charge in [-0.25, -0.2) is 4.98 Å². The maximum absolute atomic E-state index is 12.0. The lowest BCUT2D eigenvalue weighted by atomic mass is 10.2. The van der Waals surface area contributed by atoms with Crippen LogP contribution in [-0.4, -0.2) is 23.4 Å². The van der Waals surface area contributed by atoms with E-state index in [4.69, 9.17) is 10.5 Å². The first kappa shape index (κ1) is 15.9. The van der Waals surface area contributed by atoms with Crippen LogP contribution >= 0.6 is 11.3 Å². The zero-order chi connectivity index (χ0) is 16.9. The van der Waals surface area contributed by atoms with Crippen molar-refractivity contribution in [2.75, 3.05) is 6.61 Å². The molecular formula is C17H15N3O3S. The van der Waals surface area contributed by atoms with Crippen LogP contribution in [0.4, 0.5) is 0 Å². The summed E-state index contributed by atoms with van der Waals surface area (Å²) in [5, 5.41) is 2.80. The van der Waals surface area contributed by atoms with E-state index < -0.39 is 5.91 Å². The van der Waals surface area contributed by atoms with Crippen molar-refractivity contribution in [1.29, 1.82) is 0 Å². The number of nitrogens with one attached hydrogen (secondary N) is 1. The van der Waals surface area contributed by atoms with Crippen LogP contribution in [0.3, 0.4) is 0 Å². The van der Waals surface area contributed by atoms with E-state index in [1.54, 1.807) is 29.8 Å². The number of nitrogens with zero attached hydrogens (tertiary/aromatic N) is 1. The summed E-state index contributed by atoms with van der Waals surface area (Å²) in [6.45, 7) is 0.197. The fraction of sp³-hybridized carbons (Fsp3) is 0.118. The van der Waals surface area contributed by atoms with Crippen LogP contribution in [0, 0.1) is 0 Å². The Balaban J connectivity index is 1.59. The maximum atomic E-state index is 12.0. The maximum Gasteiger partial charge on any atom is 0.258 e. The van der Waals surface area contributed by atoms with Gasteiger partial charge in [-0.1, -0.05) is 24.3 Å².